The lowest BCUT2D eigenvalue weighted by molar-refractivity contribution is 0.605. The fourth-order valence-corrected chi connectivity index (χ4v) is 3.87. The second kappa shape index (κ2) is 12.9. The number of unbranched alkanes of at least 4 members (excludes halogenated alkanes) is 6. The van der Waals surface area contributed by atoms with Crippen LogP contribution in [0.3, 0.4) is 0 Å². The van der Waals surface area contributed by atoms with Crippen molar-refractivity contribution in [3.8, 4) is 22.6 Å². The number of anilines is 1. The van der Waals surface area contributed by atoms with E-state index in [1.807, 2.05) is 6.07 Å². The SMILES string of the molecule is CCCCCCN(CCCCCC)c1cc(-c2ccccc2)nc(-c2ccccc2)n1. The molecule has 0 radical (unpaired) electrons. The minimum Gasteiger partial charge on any atom is -0.356 e. The highest BCUT2D eigenvalue weighted by atomic mass is 15.2. The molecule has 1 aromatic heterocycles. The number of hydrogen-bond acceptors (Lipinski definition) is 3. The second-order valence-corrected chi connectivity index (χ2v) is 8.28. The summed E-state index contributed by atoms with van der Waals surface area (Å²) >= 11 is 0. The fourth-order valence-electron chi connectivity index (χ4n) is 3.87. The van der Waals surface area contributed by atoms with Gasteiger partial charge in [-0.1, -0.05) is 113 Å². The molecule has 3 aromatic rings. The molecule has 31 heavy (non-hydrogen) atoms. The maximum absolute atomic E-state index is 5.04. The smallest absolute Gasteiger partial charge is 0.162 e. The lowest BCUT2D eigenvalue weighted by atomic mass is 10.1. The summed E-state index contributed by atoms with van der Waals surface area (Å²) in [6.07, 6.45) is 10.1. The highest BCUT2D eigenvalue weighted by Crippen LogP contribution is 2.26. The summed E-state index contributed by atoms with van der Waals surface area (Å²) in [5.74, 6) is 1.87. The van der Waals surface area contributed by atoms with Crippen molar-refractivity contribution in [1.29, 1.82) is 0 Å². The van der Waals surface area contributed by atoms with Gasteiger partial charge in [-0.15, -0.1) is 0 Å². The van der Waals surface area contributed by atoms with E-state index in [1.165, 1.54) is 51.4 Å². The van der Waals surface area contributed by atoms with Gasteiger partial charge in [0.15, 0.2) is 5.82 Å². The van der Waals surface area contributed by atoms with Gasteiger partial charge in [-0.05, 0) is 12.8 Å². The molecule has 0 aliphatic rings. The summed E-state index contributed by atoms with van der Waals surface area (Å²) in [5, 5.41) is 0. The van der Waals surface area contributed by atoms with Crippen molar-refractivity contribution in [2.24, 2.45) is 0 Å². The van der Waals surface area contributed by atoms with Crippen LogP contribution in [0.5, 0.6) is 0 Å². The van der Waals surface area contributed by atoms with E-state index in [1.54, 1.807) is 0 Å². The van der Waals surface area contributed by atoms with E-state index in [0.29, 0.717) is 0 Å². The molecule has 0 spiro atoms. The van der Waals surface area contributed by atoms with Crippen molar-refractivity contribution < 1.29 is 0 Å². The molecule has 0 N–H and O–H groups in total. The van der Waals surface area contributed by atoms with Crippen molar-refractivity contribution in [2.45, 2.75) is 65.2 Å². The molecule has 0 saturated heterocycles. The summed E-state index contributed by atoms with van der Waals surface area (Å²) in [7, 11) is 0. The van der Waals surface area contributed by atoms with Crippen molar-refractivity contribution in [2.75, 3.05) is 18.0 Å². The fraction of sp³-hybridized carbons (Fsp3) is 0.429. The second-order valence-electron chi connectivity index (χ2n) is 8.28. The number of nitrogens with zero attached hydrogens (tertiary/aromatic N) is 3. The Kier molecular flexibility index (Phi) is 9.56. The summed E-state index contributed by atoms with van der Waals surface area (Å²) in [4.78, 5) is 12.5. The average Bonchev–Trinajstić information content (AvgIpc) is 2.84. The molecule has 0 saturated carbocycles. The van der Waals surface area contributed by atoms with Gasteiger partial charge in [0.25, 0.3) is 0 Å². The van der Waals surface area contributed by atoms with Crippen LogP contribution in [0.15, 0.2) is 66.7 Å². The van der Waals surface area contributed by atoms with Crippen LogP contribution in [0.2, 0.25) is 0 Å². The summed E-state index contributed by atoms with van der Waals surface area (Å²) < 4.78 is 0. The Labute approximate surface area is 188 Å². The van der Waals surface area contributed by atoms with Crippen LogP contribution in [0.1, 0.15) is 65.2 Å². The maximum Gasteiger partial charge on any atom is 0.162 e. The molecule has 0 aliphatic heterocycles. The monoisotopic (exact) mass is 415 g/mol. The molecule has 0 unspecified atom stereocenters. The summed E-state index contributed by atoms with van der Waals surface area (Å²) in [6, 6.07) is 23.0. The van der Waals surface area contributed by atoms with E-state index in [-0.39, 0.29) is 0 Å². The van der Waals surface area contributed by atoms with Gasteiger partial charge >= 0.3 is 0 Å². The molecule has 1 heterocycles. The highest BCUT2D eigenvalue weighted by molar-refractivity contribution is 5.67. The molecular formula is C28H37N3. The minimum atomic E-state index is 0.809. The van der Waals surface area contributed by atoms with Crippen LogP contribution in [0.25, 0.3) is 22.6 Å². The normalized spacial score (nSPS) is 10.9. The van der Waals surface area contributed by atoms with Gasteiger partial charge in [-0.2, -0.15) is 0 Å². The van der Waals surface area contributed by atoms with E-state index in [2.05, 4.69) is 79.4 Å². The van der Waals surface area contributed by atoms with Gasteiger partial charge in [0, 0.05) is 30.3 Å². The van der Waals surface area contributed by atoms with Crippen LogP contribution in [-0.2, 0) is 0 Å². The topological polar surface area (TPSA) is 29.0 Å². The molecule has 3 rings (SSSR count). The summed E-state index contributed by atoms with van der Waals surface area (Å²) in [5.41, 5.74) is 3.20. The molecule has 0 aliphatic carbocycles. The molecule has 3 nitrogen and oxygen atoms in total. The van der Waals surface area contributed by atoms with E-state index < -0.39 is 0 Å². The lowest BCUT2D eigenvalue weighted by Crippen LogP contribution is -2.27. The zero-order valence-electron chi connectivity index (χ0n) is 19.3. The van der Waals surface area contributed by atoms with E-state index in [4.69, 9.17) is 9.97 Å². The van der Waals surface area contributed by atoms with Crippen LogP contribution in [0.4, 0.5) is 5.82 Å². The Hall–Kier alpha value is -2.68. The summed E-state index contributed by atoms with van der Waals surface area (Å²) in [6.45, 7) is 6.66. The van der Waals surface area contributed by atoms with Crippen LogP contribution >= 0.6 is 0 Å². The Morgan fingerprint density at radius 2 is 1.16 bits per heavy atom. The third-order valence-corrected chi connectivity index (χ3v) is 5.70. The standard InChI is InChI=1S/C28H37N3/c1-3-5-7-15-21-31(22-16-8-6-4-2)27-23-26(24-17-11-9-12-18-24)29-28(30-27)25-19-13-10-14-20-25/h9-14,17-20,23H,3-8,15-16,21-22H2,1-2H3. The molecule has 0 bridgehead atoms. The molecular weight excluding hydrogens is 378 g/mol. The van der Waals surface area contributed by atoms with Crippen molar-refractivity contribution >= 4 is 5.82 Å². The Bertz CT molecular complexity index is 808. The van der Waals surface area contributed by atoms with E-state index in [0.717, 1.165) is 41.6 Å². The third kappa shape index (κ3) is 7.20. The van der Waals surface area contributed by atoms with Gasteiger partial charge < -0.3 is 4.90 Å². The van der Waals surface area contributed by atoms with Gasteiger partial charge in [-0.25, -0.2) is 9.97 Å². The first kappa shape index (κ1) is 23.0. The number of rotatable bonds is 13. The predicted octanol–water partition coefficient (Wildman–Crippen LogP) is 7.78. The maximum atomic E-state index is 5.04. The van der Waals surface area contributed by atoms with E-state index >= 15 is 0 Å². The molecule has 0 atom stereocenters. The Morgan fingerprint density at radius 1 is 0.613 bits per heavy atom. The van der Waals surface area contributed by atoms with Crippen molar-refractivity contribution in [3.05, 3.63) is 66.7 Å². The highest BCUT2D eigenvalue weighted by Gasteiger charge is 2.14. The van der Waals surface area contributed by atoms with Crippen LogP contribution < -0.4 is 4.90 Å². The van der Waals surface area contributed by atoms with Gasteiger partial charge in [0.1, 0.15) is 5.82 Å². The number of benzene rings is 2. The van der Waals surface area contributed by atoms with Crippen molar-refractivity contribution in [1.82, 2.24) is 9.97 Å². The first-order valence-corrected chi connectivity index (χ1v) is 12.1. The molecule has 0 fully saturated rings. The van der Waals surface area contributed by atoms with E-state index in [9.17, 15) is 0 Å². The minimum absolute atomic E-state index is 0.809. The van der Waals surface area contributed by atoms with Gasteiger partial charge in [-0.3, -0.25) is 0 Å². The van der Waals surface area contributed by atoms with Crippen LogP contribution in [-0.4, -0.2) is 23.1 Å². The number of hydrogen-bond donors (Lipinski definition) is 0. The lowest BCUT2D eigenvalue weighted by Gasteiger charge is -2.25. The zero-order valence-corrected chi connectivity index (χ0v) is 19.3. The largest absolute Gasteiger partial charge is 0.356 e. The Balaban J connectivity index is 1.93. The van der Waals surface area contributed by atoms with Gasteiger partial charge in [0.2, 0.25) is 0 Å². The number of aromatic nitrogens is 2. The average molecular weight is 416 g/mol. The van der Waals surface area contributed by atoms with Crippen LogP contribution in [0, 0.1) is 0 Å². The quantitative estimate of drug-likeness (QED) is 0.267. The first-order chi connectivity index (χ1) is 15.3. The molecule has 164 valence electrons. The zero-order chi connectivity index (χ0) is 21.7. The van der Waals surface area contributed by atoms with Gasteiger partial charge in [0.05, 0.1) is 5.69 Å². The predicted molar refractivity (Wildman–Crippen MR) is 133 cm³/mol. The molecule has 2 aromatic carbocycles. The Morgan fingerprint density at radius 3 is 1.71 bits per heavy atom. The molecule has 0 amide bonds. The first-order valence-electron chi connectivity index (χ1n) is 12.1. The van der Waals surface area contributed by atoms with Crippen molar-refractivity contribution in [3.63, 3.8) is 0 Å². The third-order valence-electron chi connectivity index (χ3n) is 5.70. The molecule has 3 heteroatoms.